The van der Waals surface area contributed by atoms with E-state index in [-0.39, 0.29) is 53.2 Å². The number of nitro groups is 1. The lowest BCUT2D eigenvalue weighted by Crippen LogP contribution is -2.40. The Morgan fingerprint density at radius 3 is 2.66 bits per heavy atom. The maximum atomic E-state index is 13.8. The van der Waals surface area contributed by atoms with Gasteiger partial charge in [-0.15, -0.1) is 0 Å². The number of nitrogens with zero attached hydrogens (tertiary/aromatic N) is 3. The molecule has 3 rings (SSSR count). The number of hydrazone groups is 1. The number of rotatable bonds is 6. The van der Waals surface area contributed by atoms with Crippen LogP contribution in [0.25, 0.3) is 0 Å². The molecule has 0 spiro atoms. The van der Waals surface area contributed by atoms with Crippen molar-refractivity contribution in [1.82, 2.24) is 4.31 Å². The molecule has 1 fully saturated rings. The molecule has 29 heavy (non-hydrogen) atoms. The molecular weight excluding hydrogens is 427 g/mol. The Morgan fingerprint density at radius 1 is 1.28 bits per heavy atom. The average Bonchev–Trinajstić information content (AvgIpc) is 2.70. The molecule has 2 aromatic carbocycles. The molecule has 0 radical (unpaired) electrons. The molecule has 0 saturated carbocycles. The number of anilines is 1. The van der Waals surface area contributed by atoms with E-state index in [2.05, 4.69) is 10.5 Å². The molecule has 1 N–H and O–H groups in total. The van der Waals surface area contributed by atoms with Gasteiger partial charge in [-0.2, -0.15) is 9.41 Å². The summed E-state index contributed by atoms with van der Waals surface area (Å²) in [4.78, 5) is 10.1. The quantitative estimate of drug-likeness (QED) is 0.418. The number of halogens is 2. The molecule has 12 heteroatoms. The van der Waals surface area contributed by atoms with Gasteiger partial charge < -0.3 is 4.74 Å². The van der Waals surface area contributed by atoms with Crippen molar-refractivity contribution in [3.63, 3.8) is 0 Å². The number of hydrogen-bond donors (Lipinski definition) is 1. The SMILES string of the molecule is O=[N+]([O-])c1ccc(NN=Cc2c(F)cccc2Cl)c(S(=O)(=O)N2CCOCC2)c1. The molecule has 154 valence electrons. The summed E-state index contributed by atoms with van der Waals surface area (Å²) in [6.07, 6.45) is 1.10. The molecule has 1 aliphatic rings. The number of hydrogen-bond acceptors (Lipinski definition) is 7. The predicted octanol–water partition coefficient (Wildman–Crippen LogP) is 2.85. The van der Waals surface area contributed by atoms with Gasteiger partial charge in [-0.05, 0) is 18.2 Å². The van der Waals surface area contributed by atoms with Crippen LogP contribution in [-0.4, -0.2) is 50.2 Å². The first-order valence-electron chi connectivity index (χ1n) is 8.40. The molecule has 0 bridgehead atoms. The van der Waals surface area contributed by atoms with E-state index in [0.29, 0.717) is 0 Å². The third-order valence-electron chi connectivity index (χ3n) is 4.14. The number of nitrogens with one attached hydrogen (secondary N) is 1. The van der Waals surface area contributed by atoms with Crippen LogP contribution in [0.1, 0.15) is 5.56 Å². The van der Waals surface area contributed by atoms with Gasteiger partial charge in [-0.3, -0.25) is 15.5 Å². The fraction of sp³-hybridized carbons (Fsp3) is 0.235. The van der Waals surface area contributed by atoms with Crippen LogP contribution >= 0.6 is 11.6 Å². The molecular formula is C17H16ClFN4O5S. The van der Waals surface area contributed by atoms with Crippen molar-refractivity contribution < 1.29 is 22.5 Å². The van der Waals surface area contributed by atoms with Crippen LogP contribution in [0.4, 0.5) is 15.8 Å². The Labute approximate surface area is 170 Å². The number of nitro benzene ring substituents is 1. The normalized spacial score (nSPS) is 15.5. The smallest absolute Gasteiger partial charge is 0.270 e. The maximum Gasteiger partial charge on any atom is 0.270 e. The zero-order valence-corrected chi connectivity index (χ0v) is 16.5. The van der Waals surface area contributed by atoms with Gasteiger partial charge in [0.2, 0.25) is 10.0 Å². The summed E-state index contributed by atoms with van der Waals surface area (Å²) in [6, 6.07) is 7.45. The average molecular weight is 443 g/mol. The highest BCUT2D eigenvalue weighted by atomic mass is 35.5. The van der Waals surface area contributed by atoms with E-state index in [0.717, 1.165) is 18.3 Å². The fourth-order valence-corrected chi connectivity index (χ4v) is 4.44. The van der Waals surface area contributed by atoms with E-state index in [1.807, 2.05) is 0 Å². The fourth-order valence-electron chi connectivity index (χ4n) is 2.66. The summed E-state index contributed by atoms with van der Waals surface area (Å²) >= 11 is 5.92. The van der Waals surface area contributed by atoms with Gasteiger partial charge in [0.25, 0.3) is 5.69 Å². The van der Waals surface area contributed by atoms with Crippen molar-refractivity contribution in [3.8, 4) is 0 Å². The van der Waals surface area contributed by atoms with E-state index in [4.69, 9.17) is 16.3 Å². The van der Waals surface area contributed by atoms with E-state index < -0.39 is 20.8 Å². The molecule has 1 aliphatic heterocycles. The monoisotopic (exact) mass is 442 g/mol. The second kappa shape index (κ2) is 8.82. The molecule has 1 heterocycles. The van der Waals surface area contributed by atoms with Crippen LogP contribution in [0, 0.1) is 15.9 Å². The summed E-state index contributed by atoms with van der Waals surface area (Å²) in [5.41, 5.74) is 2.15. The molecule has 0 aliphatic carbocycles. The van der Waals surface area contributed by atoms with Crippen molar-refractivity contribution in [1.29, 1.82) is 0 Å². The lowest BCUT2D eigenvalue weighted by molar-refractivity contribution is -0.385. The zero-order chi connectivity index (χ0) is 21.0. The van der Waals surface area contributed by atoms with Crippen LogP contribution in [0.2, 0.25) is 5.02 Å². The van der Waals surface area contributed by atoms with Crippen LogP contribution in [0.3, 0.4) is 0 Å². The van der Waals surface area contributed by atoms with Crippen molar-refractivity contribution in [2.24, 2.45) is 5.10 Å². The highest BCUT2D eigenvalue weighted by Crippen LogP contribution is 2.29. The van der Waals surface area contributed by atoms with E-state index >= 15 is 0 Å². The molecule has 0 amide bonds. The van der Waals surface area contributed by atoms with Crippen LogP contribution < -0.4 is 5.43 Å². The van der Waals surface area contributed by atoms with Gasteiger partial charge in [0.15, 0.2) is 0 Å². The van der Waals surface area contributed by atoms with E-state index in [9.17, 15) is 22.9 Å². The third-order valence-corrected chi connectivity index (χ3v) is 6.41. The zero-order valence-electron chi connectivity index (χ0n) is 14.9. The Morgan fingerprint density at radius 2 is 2.00 bits per heavy atom. The molecule has 1 saturated heterocycles. The first-order valence-corrected chi connectivity index (χ1v) is 10.2. The van der Waals surface area contributed by atoms with Gasteiger partial charge in [0, 0.05) is 30.8 Å². The lowest BCUT2D eigenvalue weighted by Gasteiger charge is -2.26. The van der Waals surface area contributed by atoms with Gasteiger partial charge in [-0.25, -0.2) is 12.8 Å². The number of ether oxygens (including phenoxy) is 1. The second-order valence-corrected chi connectivity index (χ2v) is 8.27. The van der Waals surface area contributed by atoms with E-state index in [1.165, 1.54) is 28.6 Å². The maximum absolute atomic E-state index is 13.8. The van der Waals surface area contributed by atoms with Crippen LogP contribution in [0.15, 0.2) is 46.4 Å². The van der Waals surface area contributed by atoms with Gasteiger partial charge in [0.05, 0.1) is 35.1 Å². The molecule has 2 aromatic rings. The van der Waals surface area contributed by atoms with Crippen molar-refractivity contribution >= 4 is 39.2 Å². The Hall–Kier alpha value is -2.60. The van der Waals surface area contributed by atoms with Crippen molar-refractivity contribution in [2.45, 2.75) is 4.90 Å². The highest BCUT2D eigenvalue weighted by Gasteiger charge is 2.30. The Bertz CT molecular complexity index is 1040. The van der Waals surface area contributed by atoms with Crippen LogP contribution in [0.5, 0.6) is 0 Å². The lowest BCUT2D eigenvalue weighted by atomic mass is 10.2. The summed E-state index contributed by atoms with van der Waals surface area (Å²) in [7, 11) is -4.05. The largest absolute Gasteiger partial charge is 0.379 e. The third kappa shape index (κ3) is 4.70. The molecule has 0 atom stereocenters. The van der Waals surface area contributed by atoms with Gasteiger partial charge >= 0.3 is 0 Å². The molecule has 9 nitrogen and oxygen atoms in total. The predicted molar refractivity (Wildman–Crippen MR) is 105 cm³/mol. The summed E-state index contributed by atoms with van der Waals surface area (Å²) < 4.78 is 46.2. The summed E-state index contributed by atoms with van der Waals surface area (Å²) in [5.74, 6) is -0.604. The van der Waals surface area contributed by atoms with E-state index in [1.54, 1.807) is 0 Å². The van der Waals surface area contributed by atoms with Crippen molar-refractivity contribution in [2.75, 3.05) is 31.7 Å². The standard InChI is InChI=1S/C17H16ClFN4O5S/c18-14-2-1-3-15(19)13(14)11-20-21-16-5-4-12(23(24)25)10-17(16)29(26,27)22-6-8-28-9-7-22/h1-5,10-11,21H,6-9H2. The number of sulfonamides is 1. The van der Waals surface area contributed by atoms with Gasteiger partial charge in [0.1, 0.15) is 10.7 Å². The topological polar surface area (TPSA) is 114 Å². The molecule has 0 unspecified atom stereocenters. The second-order valence-electron chi connectivity index (χ2n) is 5.96. The summed E-state index contributed by atoms with van der Waals surface area (Å²) in [6.45, 7) is 0.693. The minimum absolute atomic E-state index is 0.00537. The minimum Gasteiger partial charge on any atom is -0.379 e. The van der Waals surface area contributed by atoms with Gasteiger partial charge in [-0.1, -0.05) is 17.7 Å². The Balaban J connectivity index is 1.96. The van der Waals surface area contributed by atoms with Crippen molar-refractivity contribution in [3.05, 3.63) is 62.9 Å². The number of morpholine rings is 1. The van der Waals surface area contributed by atoms with Crippen LogP contribution in [-0.2, 0) is 14.8 Å². The number of benzene rings is 2. The minimum atomic E-state index is -4.05. The number of non-ortho nitro benzene ring substituents is 1. The summed E-state index contributed by atoms with van der Waals surface area (Å²) in [5, 5.41) is 15.1. The first kappa shape index (κ1) is 21.1. The Kier molecular flexibility index (Phi) is 6.42. The first-order chi connectivity index (χ1) is 13.8. The molecule has 0 aromatic heterocycles. The highest BCUT2D eigenvalue weighted by molar-refractivity contribution is 7.89.